The molecule has 0 heterocycles. The average Bonchev–Trinajstić information content (AvgIpc) is 2.81. The number of nitrogens with one attached hydrogen (secondary N) is 2. The Balaban J connectivity index is 1.48. The van der Waals surface area contributed by atoms with E-state index in [2.05, 4.69) is 10.0 Å². The highest BCUT2D eigenvalue weighted by atomic mass is 32.2. The van der Waals surface area contributed by atoms with Crippen molar-refractivity contribution in [3.8, 4) is 11.5 Å². The first kappa shape index (κ1) is 22.0. The normalized spacial score (nSPS) is 10.9. The van der Waals surface area contributed by atoms with Gasteiger partial charge in [-0.15, -0.1) is 0 Å². The topological polar surface area (TPSA) is 84.5 Å². The Labute approximate surface area is 190 Å². The number of hydrogen-bond acceptors (Lipinski definition) is 4. The summed E-state index contributed by atoms with van der Waals surface area (Å²) in [6.45, 7) is 0. The van der Waals surface area contributed by atoms with Crippen molar-refractivity contribution in [2.45, 2.75) is 4.90 Å². The van der Waals surface area contributed by atoms with Crippen LogP contribution in [0.3, 0.4) is 0 Å². The summed E-state index contributed by atoms with van der Waals surface area (Å²) >= 11 is 0. The smallest absolute Gasteiger partial charge is 0.261 e. The zero-order valence-electron chi connectivity index (χ0n) is 17.2. The largest absolute Gasteiger partial charge is 0.457 e. The van der Waals surface area contributed by atoms with Crippen LogP contribution >= 0.6 is 0 Å². The van der Waals surface area contributed by atoms with Gasteiger partial charge in [0, 0.05) is 5.69 Å². The first-order valence-electron chi connectivity index (χ1n) is 9.92. The van der Waals surface area contributed by atoms with E-state index in [1.54, 1.807) is 36.4 Å². The molecular weight excluding hydrogens is 443 g/mol. The van der Waals surface area contributed by atoms with Crippen LogP contribution in [0.4, 0.5) is 15.8 Å². The monoisotopic (exact) mass is 462 g/mol. The highest BCUT2D eigenvalue weighted by Crippen LogP contribution is 2.24. The summed E-state index contributed by atoms with van der Waals surface area (Å²) in [5, 5.41) is 2.74. The van der Waals surface area contributed by atoms with Gasteiger partial charge < -0.3 is 10.1 Å². The third kappa shape index (κ3) is 5.55. The van der Waals surface area contributed by atoms with Crippen LogP contribution in [0, 0.1) is 5.82 Å². The molecule has 0 atom stereocenters. The molecule has 0 aliphatic rings. The van der Waals surface area contributed by atoms with Crippen LogP contribution in [0.25, 0.3) is 0 Å². The maximum Gasteiger partial charge on any atom is 0.261 e. The van der Waals surface area contributed by atoms with Crippen LogP contribution in [0.2, 0.25) is 0 Å². The minimum Gasteiger partial charge on any atom is -0.457 e. The van der Waals surface area contributed by atoms with Crippen LogP contribution in [0.5, 0.6) is 11.5 Å². The van der Waals surface area contributed by atoms with Gasteiger partial charge in [-0.05, 0) is 72.8 Å². The second-order valence-electron chi connectivity index (χ2n) is 7.00. The van der Waals surface area contributed by atoms with Gasteiger partial charge in [0.25, 0.3) is 15.9 Å². The van der Waals surface area contributed by atoms with Crippen molar-refractivity contribution < 1.29 is 22.3 Å². The molecule has 4 rings (SSSR count). The van der Waals surface area contributed by atoms with Gasteiger partial charge in [0.2, 0.25) is 0 Å². The minimum absolute atomic E-state index is 0.100. The Morgan fingerprint density at radius 2 is 1.33 bits per heavy atom. The SMILES string of the molecule is O=C(Nc1ccc(Oc2ccccc2)cc1)c1ccccc1NS(=O)(=O)c1ccc(F)cc1. The zero-order valence-corrected chi connectivity index (χ0v) is 18.1. The molecule has 4 aromatic carbocycles. The standard InChI is InChI=1S/C25H19FN2O4S/c26-18-10-16-22(17-11-18)33(30,31)28-24-9-5-4-8-23(24)25(29)27-19-12-14-21(15-13-19)32-20-6-2-1-3-7-20/h1-17,28H,(H,27,29). The number of halogens is 1. The quantitative estimate of drug-likeness (QED) is 0.371. The van der Waals surface area contributed by atoms with Crippen molar-refractivity contribution in [3.05, 3.63) is 115 Å². The molecule has 0 saturated heterocycles. The Morgan fingerprint density at radius 3 is 2.03 bits per heavy atom. The van der Waals surface area contributed by atoms with E-state index in [1.807, 2.05) is 30.3 Å². The number of carbonyl (C=O) groups is 1. The number of ether oxygens (including phenoxy) is 1. The predicted octanol–water partition coefficient (Wildman–Crippen LogP) is 5.67. The third-order valence-corrected chi connectivity index (χ3v) is 6.01. The molecule has 0 aromatic heterocycles. The lowest BCUT2D eigenvalue weighted by atomic mass is 10.1. The Morgan fingerprint density at radius 1 is 0.727 bits per heavy atom. The Bertz CT molecular complexity index is 1360. The lowest BCUT2D eigenvalue weighted by molar-refractivity contribution is 0.102. The van der Waals surface area contributed by atoms with Gasteiger partial charge in [-0.25, -0.2) is 12.8 Å². The summed E-state index contributed by atoms with van der Waals surface area (Å²) in [6, 6.07) is 26.7. The number of amides is 1. The molecule has 0 aliphatic carbocycles. The van der Waals surface area contributed by atoms with E-state index in [0.717, 1.165) is 24.3 Å². The first-order chi connectivity index (χ1) is 15.9. The molecule has 0 bridgehead atoms. The van der Waals surface area contributed by atoms with E-state index < -0.39 is 21.7 Å². The van der Waals surface area contributed by atoms with Gasteiger partial charge in [0.05, 0.1) is 16.1 Å². The number of sulfonamides is 1. The number of anilines is 2. The number of rotatable bonds is 7. The highest BCUT2D eigenvalue weighted by Gasteiger charge is 2.19. The van der Waals surface area contributed by atoms with Crippen molar-refractivity contribution in [3.63, 3.8) is 0 Å². The molecule has 4 aromatic rings. The molecule has 8 heteroatoms. The molecule has 166 valence electrons. The first-order valence-corrected chi connectivity index (χ1v) is 11.4. The van der Waals surface area contributed by atoms with Crippen molar-refractivity contribution in [2.24, 2.45) is 0 Å². The van der Waals surface area contributed by atoms with Gasteiger partial charge in [0.1, 0.15) is 17.3 Å². The second kappa shape index (κ2) is 9.54. The summed E-state index contributed by atoms with van der Waals surface area (Å²) in [6.07, 6.45) is 0. The summed E-state index contributed by atoms with van der Waals surface area (Å²) in [5.41, 5.74) is 0.743. The summed E-state index contributed by atoms with van der Waals surface area (Å²) in [7, 11) is -4.01. The van der Waals surface area contributed by atoms with Crippen LogP contribution in [-0.4, -0.2) is 14.3 Å². The maximum absolute atomic E-state index is 13.1. The van der Waals surface area contributed by atoms with E-state index in [9.17, 15) is 17.6 Å². The molecule has 33 heavy (non-hydrogen) atoms. The molecule has 0 unspecified atom stereocenters. The molecule has 6 nitrogen and oxygen atoms in total. The van der Waals surface area contributed by atoms with E-state index >= 15 is 0 Å². The van der Waals surface area contributed by atoms with Crippen LogP contribution in [0.1, 0.15) is 10.4 Å². The lowest BCUT2D eigenvalue weighted by Crippen LogP contribution is -2.18. The van der Waals surface area contributed by atoms with Crippen LogP contribution < -0.4 is 14.8 Å². The molecular formula is C25H19FN2O4S. The molecule has 2 N–H and O–H groups in total. The van der Waals surface area contributed by atoms with Crippen LogP contribution in [-0.2, 0) is 10.0 Å². The van der Waals surface area contributed by atoms with E-state index in [-0.39, 0.29) is 16.1 Å². The third-order valence-electron chi connectivity index (χ3n) is 4.63. The average molecular weight is 463 g/mol. The lowest BCUT2D eigenvalue weighted by Gasteiger charge is -2.13. The van der Waals surface area contributed by atoms with Crippen molar-refractivity contribution in [2.75, 3.05) is 10.0 Å². The van der Waals surface area contributed by atoms with Crippen molar-refractivity contribution >= 4 is 27.3 Å². The zero-order chi connectivity index (χ0) is 23.3. The van der Waals surface area contributed by atoms with Gasteiger partial charge >= 0.3 is 0 Å². The molecule has 0 spiro atoms. The predicted molar refractivity (Wildman–Crippen MR) is 125 cm³/mol. The fraction of sp³-hybridized carbons (Fsp3) is 0. The molecule has 0 saturated carbocycles. The summed E-state index contributed by atoms with van der Waals surface area (Å²) in [4.78, 5) is 12.7. The summed E-state index contributed by atoms with van der Waals surface area (Å²) < 4.78 is 46.6. The van der Waals surface area contributed by atoms with Gasteiger partial charge in [0.15, 0.2) is 0 Å². The molecule has 1 amide bonds. The van der Waals surface area contributed by atoms with Gasteiger partial charge in [-0.2, -0.15) is 0 Å². The summed E-state index contributed by atoms with van der Waals surface area (Å²) in [5.74, 6) is 0.251. The number of hydrogen-bond donors (Lipinski definition) is 2. The fourth-order valence-electron chi connectivity index (χ4n) is 3.02. The van der Waals surface area contributed by atoms with Gasteiger partial charge in [-0.1, -0.05) is 30.3 Å². The van der Waals surface area contributed by atoms with Gasteiger partial charge in [-0.3, -0.25) is 9.52 Å². The number of carbonyl (C=O) groups excluding carboxylic acids is 1. The fourth-order valence-corrected chi connectivity index (χ4v) is 4.10. The Kier molecular flexibility index (Phi) is 6.37. The molecule has 0 aliphatic heterocycles. The van der Waals surface area contributed by atoms with Crippen LogP contribution in [0.15, 0.2) is 108 Å². The second-order valence-corrected chi connectivity index (χ2v) is 8.68. The Hall–Kier alpha value is -4.17. The van der Waals surface area contributed by atoms with Crippen molar-refractivity contribution in [1.82, 2.24) is 0 Å². The van der Waals surface area contributed by atoms with E-state index in [0.29, 0.717) is 17.2 Å². The maximum atomic E-state index is 13.1. The molecule has 0 radical (unpaired) electrons. The van der Waals surface area contributed by atoms with E-state index in [1.165, 1.54) is 12.1 Å². The number of benzene rings is 4. The van der Waals surface area contributed by atoms with Crippen molar-refractivity contribution in [1.29, 1.82) is 0 Å². The highest BCUT2D eigenvalue weighted by molar-refractivity contribution is 7.92. The number of para-hydroxylation sites is 2. The minimum atomic E-state index is -4.01. The van der Waals surface area contributed by atoms with E-state index in [4.69, 9.17) is 4.74 Å². The molecule has 0 fully saturated rings.